The van der Waals surface area contributed by atoms with Crippen molar-refractivity contribution in [2.45, 2.75) is 12.5 Å². The number of aliphatic hydroxyl groups excluding tert-OH is 1. The number of anilines is 1. The van der Waals surface area contributed by atoms with Gasteiger partial charge in [-0.3, -0.25) is 9.97 Å². The van der Waals surface area contributed by atoms with E-state index in [4.69, 9.17) is 0 Å². The maximum atomic E-state index is 9.89. The monoisotopic (exact) mass is 383 g/mol. The van der Waals surface area contributed by atoms with Crippen LogP contribution in [0.3, 0.4) is 0 Å². The number of hydrogen-bond donors (Lipinski definition) is 2. The summed E-state index contributed by atoms with van der Waals surface area (Å²) in [5.74, 6) is 1.15. The van der Waals surface area contributed by atoms with Crippen molar-refractivity contribution in [1.29, 1.82) is 0 Å². The molecule has 0 aliphatic heterocycles. The average Bonchev–Trinajstić information content (AvgIpc) is 2.80. The van der Waals surface area contributed by atoms with Crippen molar-refractivity contribution in [3.8, 4) is 22.8 Å². The highest BCUT2D eigenvalue weighted by atomic mass is 16.3. The van der Waals surface area contributed by atoms with Gasteiger partial charge in [0.2, 0.25) is 0 Å². The van der Waals surface area contributed by atoms with E-state index in [1.165, 1.54) is 0 Å². The topological polar surface area (TPSA) is 83.8 Å². The van der Waals surface area contributed by atoms with Crippen molar-refractivity contribution in [2.24, 2.45) is 0 Å². The van der Waals surface area contributed by atoms with Crippen molar-refractivity contribution in [3.63, 3.8) is 0 Å². The molecule has 0 aliphatic rings. The van der Waals surface area contributed by atoms with Gasteiger partial charge in [-0.1, -0.05) is 36.4 Å². The number of nitrogens with one attached hydrogen (secondary N) is 1. The lowest BCUT2D eigenvalue weighted by Crippen LogP contribution is -2.27. The predicted octanol–water partition coefficient (Wildman–Crippen LogP) is 3.62. The molecule has 1 atom stereocenters. The summed E-state index contributed by atoms with van der Waals surface area (Å²) >= 11 is 0. The highest BCUT2D eigenvalue weighted by molar-refractivity contribution is 5.65. The second kappa shape index (κ2) is 9.03. The van der Waals surface area contributed by atoms with Crippen LogP contribution in [-0.2, 0) is 6.42 Å². The van der Waals surface area contributed by atoms with Crippen molar-refractivity contribution in [2.75, 3.05) is 11.9 Å². The van der Waals surface area contributed by atoms with E-state index in [1.54, 1.807) is 18.6 Å². The van der Waals surface area contributed by atoms with Gasteiger partial charge in [0, 0.05) is 30.2 Å². The number of aliphatic hydroxyl groups is 1. The molecule has 6 heteroatoms. The van der Waals surface area contributed by atoms with E-state index in [0.29, 0.717) is 23.8 Å². The molecule has 0 aliphatic carbocycles. The zero-order chi connectivity index (χ0) is 19.9. The number of nitrogens with zero attached hydrogens (tertiary/aromatic N) is 4. The van der Waals surface area contributed by atoms with Gasteiger partial charge in [-0.05, 0) is 36.2 Å². The number of rotatable bonds is 7. The molecule has 0 radical (unpaired) electrons. The minimum Gasteiger partial charge on any atom is -0.394 e. The van der Waals surface area contributed by atoms with Gasteiger partial charge in [-0.25, -0.2) is 9.97 Å². The van der Waals surface area contributed by atoms with Crippen LogP contribution in [0.4, 0.5) is 5.82 Å². The van der Waals surface area contributed by atoms with Crippen LogP contribution in [0, 0.1) is 0 Å². The maximum Gasteiger partial charge on any atom is 0.180 e. The fourth-order valence-corrected chi connectivity index (χ4v) is 3.06. The van der Waals surface area contributed by atoms with Gasteiger partial charge >= 0.3 is 0 Å². The Kier molecular flexibility index (Phi) is 5.83. The molecule has 3 aromatic heterocycles. The summed E-state index contributed by atoms with van der Waals surface area (Å²) in [5, 5.41) is 13.2. The van der Waals surface area contributed by atoms with Crippen LogP contribution < -0.4 is 5.32 Å². The van der Waals surface area contributed by atoms with Crippen LogP contribution in [-0.4, -0.2) is 37.7 Å². The lowest BCUT2D eigenvalue weighted by atomic mass is 10.1. The summed E-state index contributed by atoms with van der Waals surface area (Å²) in [4.78, 5) is 17.9. The molecular formula is C23H21N5O. The fourth-order valence-electron chi connectivity index (χ4n) is 3.06. The molecule has 0 fully saturated rings. The third kappa shape index (κ3) is 4.80. The van der Waals surface area contributed by atoms with Crippen LogP contribution in [0.15, 0.2) is 85.3 Å². The molecule has 29 heavy (non-hydrogen) atoms. The molecule has 2 N–H and O–H groups in total. The van der Waals surface area contributed by atoms with E-state index in [-0.39, 0.29) is 12.6 Å². The Hall–Kier alpha value is -3.64. The Balaban J connectivity index is 1.68. The molecule has 6 nitrogen and oxygen atoms in total. The summed E-state index contributed by atoms with van der Waals surface area (Å²) in [5.41, 5.74) is 3.46. The fraction of sp³-hybridized carbons (Fsp3) is 0.130. The largest absolute Gasteiger partial charge is 0.394 e. The normalized spacial score (nSPS) is 11.8. The molecule has 0 saturated carbocycles. The molecule has 0 saturated heterocycles. The molecule has 1 unspecified atom stereocenters. The van der Waals surface area contributed by atoms with Crippen molar-refractivity contribution >= 4 is 5.82 Å². The Labute approximate surface area is 169 Å². The first-order chi connectivity index (χ1) is 14.3. The third-order valence-corrected chi connectivity index (χ3v) is 4.47. The van der Waals surface area contributed by atoms with Gasteiger partial charge in [-0.2, -0.15) is 0 Å². The van der Waals surface area contributed by atoms with Gasteiger partial charge in [0.15, 0.2) is 5.82 Å². The minimum atomic E-state index is -0.175. The Morgan fingerprint density at radius 3 is 2.45 bits per heavy atom. The Morgan fingerprint density at radius 2 is 1.72 bits per heavy atom. The summed E-state index contributed by atoms with van der Waals surface area (Å²) < 4.78 is 0. The molecule has 0 amide bonds. The number of pyridine rings is 2. The lowest BCUT2D eigenvalue weighted by Gasteiger charge is -2.18. The molecule has 4 aromatic rings. The number of benzene rings is 1. The van der Waals surface area contributed by atoms with Crippen molar-refractivity contribution in [1.82, 2.24) is 19.9 Å². The SMILES string of the molecule is OCC(Cc1ccccc1)Nc1cc(-c2cccnc2)nc(-c2ccccn2)n1. The van der Waals surface area contributed by atoms with Crippen LogP contribution in [0.5, 0.6) is 0 Å². The van der Waals surface area contributed by atoms with Crippen LogP contribution >= 0.6 is 0 Å². The van der Waals surface area contributed by atoms with Gasteiger partial charge < -0.3 is 10.4 Å². The van der Waals surface area contributed by atoms with E-state index in [2.05, 4.69) is 25.3 Å². The number of hydrogen-bond acceptors (Lipinski definition) is 6. The van der Waals surface area contributed by atoms with Crippen molar-refractivity contribution < 1.29 is 5.11 Å². The van der Waals surface area contributed by atoms with E-state index in [0.717, 1.165) is 16.8 Å². The molecule has 4 rings (SSSR count). The minimum absolute atomic E-state index is 0.0138. The van der Waals surface area contributed by atoms with Crippen LogP contribution in [0.1, 0.15) is 5.56 Å². The highest BCUT2D eigenvalue weighted by Crippen LogP contribution is 2.23. The van der Waals surface area contributed by atoms with E-state index >= 15 is 0 Å². The summed E-state index contributed by atoms with van der Waals surface area (Å²) in [6.07, 6.45) is 5.89. The van der Waals surface area contributed by atoms with Crippen LogP contribution in [0.25, 0.3) is 22.8 Å². The Morgan fingerprint density at radius 1 is 0.862 bits per heavy atom. The first-order valence-electron chi connectivity index (χ1n) is 9.44. The van der Waals surface area contributed by atoms with E-state index in [1.807, 2.05) is 66.7 Å². The molecule has 3 heterocycles. The summed E-state index contributed by atoms with van der Waals surface area (Å²) in [6.45, 7) is -0.0138. The molecule has 1 aromatic carbocycles. The maximum absolute atomic E-state index is 9.89. The van der Waals surface area contributed by atoms with E-state index in [9.17, 15) is 5.11 Å². The molecular weight excluding hydrogens is 362 g/mol. The summed E-state index contributed by atoms with van der Waals surface area (Å²) in [6, 6.07) is 21.2. The molecule has 144 valence electrons. The molecule has 0 spiro atoms. The van der Waals surface area contributed by atoms with Gasteiger partial charge in [0.1, 0.15) is 11.5 Å². The van der Waals surface area contributed by atoms with Gasteiger partial charge in [-0.15, -0.1) is 0 Å². The first kappa shape index (κ1) is 18.7. The third-order valence-electron chi connectivity index (χ3n) is 4.47. The summed E-state index contributed by atoms with van der Waals surface area (Å²) in [7, 11) is 0. The van der Waals surface area contributed by atoms with E-state index < -0.39 is 0 Å². The second-order valence-corrected chi connectivity index (χ2v) is 6.63. The smallest absolute Gasteiger partial charge is 0.180 e. The Bertz CT molecular complexity index is 985. The second-order valence-electron chi connectivity index (χ2n) is 6.63. The van der Waals surface area contributed by atoms with Gasteiger partial charge in [0.25, 0.3) is 0 Å². The van der Waals surface area contributed by atoms with Gasteiger partial charge in [0.05, 0.1) is 18.3 Å². The lowest BCUT2D eigenvalue weighted by molar-refractivity contribution is 0.273. The highest BCUT2D eigenvalue weighted by Gasteiger charge is 2.14. The molecule has 0 bridgehead atoms. The first-order valence-corrected chi connectivity index (χ1v) is 9.44. The van der Waals surface area contributed by atoms with Crippen molar-refractivity contribution in [3.05, 3.63) is 90.9 Å². The van der Waals surface area contributed by atoms with Crippen LogP contribution in [0.2, 0.25) is 0 Å². The quantitative estimate of drug-likeness (QED) is 0.507. The zero-order valence-corrected chi connectivity index (χ0v) is 15.8. The number of aromatic nitrogens is 4. The zero-order valence-electron chi connectivity index (χ0n) is 15.8. The average molecular weight is 383 g/mol. The standard InChI is InChI=1S/C23H21N5O/c29-16-19(13-17-7-2-1-3-8-17)26-22-14-21(18-9-6-11-24-15-18)27-23(28-22)20-10-4-5-12-25-20/h1-12,14-15,19,29H,13,16H2,(H,26,27,28). The predicted molar refractivity (Wildman–Crippen MR) is 113 cm³/mol.